The molecule has 112 valence electrons. The maximum absolute atomic E-state index is 12.7. The van der Waals surface area contributed by atoms with Crippen LogP contribution < -0.4 is 0 Å². The Labute approximate surface area is 118 Å². The number of alkyl halides is 3. The van der Waals surface area contributed by atoms with E-state index in [0.717, 1.165) is 49.9 Å². The largest absolute Gasteiger partial charge is 0.481 e. The molecule has 0 radical (unpaired) electrons. The third-order valence-corrected chi connectivity index (χ3v) is 4.25. The molecule has 1 aromatic heterocycles. The van der Waals surface area contributed by atoms with Gasteiger partial charge < -0.3 is 5.11 Å². The average Bonchev–Trinajstić information content (AvgIpc) is 2.81. The maximum atomic E-state index is 12.7. The van der Waals surface area contributed by atoms with E-state index in [1.54, 1.807) is 0 Å². The van der Waals surface area contributed by atoms with Gasteiger partial charge in [-0.2, -0.15) is 18.3 Å². The third kappa shape index (κ3) is 3.68. The fourth-order valence-corrected chi connectivity index (χ4v) is 3.14. The molecule has 1 fully saturated rings. The zero-order valence-electron chi connectivity index (χ0n) is 10.7. The Morgan fingerprint density at radius 1 is 1.40 bits per heavy atom. The Kier molecular flexibility index (Phi) is 4.62. The molecule has 1 heterocycles. The Morgan fingerprint density at radius 2 is 2.05 bits per heavy atom. The summed E-state index contributed by atoms with van der Waals surface area (Å²) in [6.07, 6.45) is 0.100. The van der Waals surface area contributed by atoms with Crippen molar-refractivity contribution in [1.82, 2.24) is 9.78 Å². The first-order chi connectivity index (χ1) is 9.38. The van der Waals surface area contributed by atoms with Gasteiger partial charge in [0.15, 0.2) is 5.69 Å². The highest BCUT2D eigenvalue weighted by Gasteiger charge is 2.36. The highest BCUT2D eigenvalue weighted by atomic mass is 32.2. The van der Waals surface area contributed by atoms with Crippen LogP contribution in [0.1, 0.15) is 43.8 Å². The maximum Gasteiger partial charge on any atom is 0.435 e. The predicted molar refractivity (Wildman–Crippen MR) is 67.7 cm³/mol. The molecule has 1 aromatic rings. The number of hydrogen-bond donors (Lipinski definition) is 1. The van der Waals surface area contributed by atoms with Crippen molar-refractivity contribution >= 4 is 17.7 Å². The molecule has 0 saturated heterocycles. The fraction of sp³-hybridized carbons (Fsp3) is 0.667. The summed E-state index contributed by atoms with van der Waals surface area (Å²) in [5.74, 6) is -1.32. The lowest BCUT2D eigenvalue weighted by molar-refractivity contribution is -0.141. The van der Waals surface area contributed by atoms with E-state index in [9.17, 15) is 18.0 Å². The first-order valence-corrected chi connectivity index (χ1v) is 7.38. The van der Waals surface area contributed by atoms with Crippen LogP contribution in [0, 0.1) is 0 Å². The Balaban J connectivity index is 2.26. The molecule has 2 rings (SSSR count). The van der Waals surface area contributed by atoms with Gasteiger partial charge in [0.25, 0.3) is 0 Å². The minimum Gasteiger partial charge on any atom is -0.481 e. The van der Waals surface area contributed by atoms with E-state index in [2.05, 4.69) is 5.10 Å². The molecule has 0 atom stereocenters. The van der Waals surface area contributed by atoms with E-state index in [1.165, 1.54) is 4.68 Å². The number of carboxylic acids is 1. The highest BCUT2D eigenvalue weighted by molar-refractivity contribution is 7.99. The van der Waals surface area contributed by atoms with Gasteiger partial charge in [-0.05, 0) is 12.8 Å². The second-order valence-electron chi connectivity index (χ2n) is 4.78. The molecule has 0 bridgehead atoms. The van der Waals surface area contributed by atoms with Crippen molar-refractivity contribution in [2.24, 2.45) is 0 Å². The number of carboxylic acid groups (broad SMARTS) is 1. The van der Waals surface area contributed by atoms with Crippen molar-refractivity contribution in [2.75, 3.05) is 5.75 Å². The summed E-state index contributed by atoms with van der Waals surface area (Å²) in [5, 5.41) is 12.6. The van der Waals surface area contributed by atoms with Crippen LogP contribution in [0.3, 0.4) is 0 Å². The van der Waals surface area contributed by atoms with Gasteiger partial charge >= 0.3 is 12.1 Å². The van der Waals surface area contributed by atoms with Crippen molar-refractivity contribution in [3.63, 3.8) is 0 Å². The first-order valence-electron chi connectivity index (χ1n) is 6.39. The number of aromatic nitrogens is 2. The predicted octanol–water partition coefficient (Wildman–Crippen LogP) is 3.58. The lowest BCUT2D eigenvalue weighted by atomic mass is 9.96. The van der Waals surface area contributed by atoms with E-state index in [1.807, 2.05) is 0 Å². The SMILES string of the molecule is O=C(O)CSc1cc(C(F)(F)F)nn1C1CCCCC1. The minimum absolute atomic E-state index is 0.0591. The van der Waals surface area contributed by atoms with E-state index < -0.39 is 17.8 Å². The quantitative estimate of drug-likeness (QED) is 0.864. The molecule has 8 heteroatoms. The molecule has 0 aliphatic heterocycles. The molecule has 1 N–H and O–H groups in total. The molecule has 1 saturated carbocycles. The summed E-state index contributed by atoms with van der Waals surface area (Å²) in [7, 11) is 0. The van der Waals surface area contributed by atoms with Crippen molar-refractivity contribution in [3.05, 3.63) is 11.8 Å². The van der Waals surface area contributed by atoms with Crippen LogP contribution in [0.4, 0.5) is 13.2 Å². The normalized spacial score (nSPS) is 17.4. The summed E-state index contributed by atoms with van der Waals surface area (Å²) in [6.45, 7) is 0. The monoisotopic (exact) mass is 308 g/mol. The molecule has 0 aromatic carbocycles. The second-order valence-corrected chi connectivity index (χ2v) is 5.78. The summed E-state index contributed by atoms with van der Waals surface area (Å²) < 4.78 is 39.6. The lowest BCUT2D eigenvalue weighted by Gasteiger charge is -2.23. The van der Waals surface area contributed by atoms with Crippen molar-refractivity contribution in [1.29, 1.82) is 0 Å². The van der Waals surface area contributed by atoms with Crippen LogP contribution in [0.2, 0.25) is 0 Å². The molecule has 1 aliphatic carbocycles. The number of thioether (sulfide) groups is 1. The summed E-state index contributed by atoms with van der Waals surface area (Å²) in [6, 6.07) is 0.888. The first kappa shape index (κ1) is 15.2. The minimum atomic E-state index is -4.50. The standard InChI is InChI=1S/C12H15F3N2O2S/c13-12(14,15)9-6-10(20-7-11(18)19)17(16-9)8-4-2-1-3-5-8/h6,8H,1-5,7H2,(H,18,19). The van der Waals surface area contributed by atoms with E-state index in [4.69, 9.17) is 5.11 Å². The number of carbonyl (C=O) groups is 1. The van der Waals surface area contributed by atoms with Gasteiger partial charge in [0.1, 0.15) is 0 Å². The topological polar surface area (TPSA) is 55.1 Å². The van der Waals surface area contributed by atoms with Gasteiger partial charge in [-0.15, -0.1) is 0 Å². The van der Waals surface area contributed by atoms with Crippen LogP contribution >= 0.6 is 11.8 Å². The molecule has 0 unspecified atom stereocenters. The third-order valence-electron chi connectivity index (χ3n) is 3.26. The van der Waals surface area contributed by atoms with Crippen LogP contribution in [0.15, 0.2) is 11.1 Å². The van der Waals surface area contributed by atoms with Crippen LogP contribution in [-0.4, -0.2) is 26.6 Å². The van der Waals surface area contributed by atoms with E-state index in [-0.39, 0.29) is 16.8 Å². The number of aliphatic carboxylic acids is 1. The van der Waals surface area contributed by atoms with Crippen molar-refractivity contribution in [3.8, 4) is 0 Å². The van der Waals surface area contributed by atoms with Crippen LogP contribution in [0.25, 0.3) is 0 Å². The average molecular weight is 308 g/mol. The van der Waals surface area contributed by atoms with Crippen molar-refractivity contribution in [2.45, 2.75) is 49.3 Å². The molecule has 0 spiro atoms. The fourth-order valence-electron chi connectivity index (χ4n) is 2.35. The molecular weight excluding hydrogens is 293 g/mol. The number of nitrogens with zero attached hydrogens (tertiary/aromatic N) is 2. The van der Waals surface area contributed by atoms with E-state index >= 15 is 0 Å². The van der Waals surface area contributed by atoms with Gasteiger partial charge in [-0.1, -0.05) is 31.0 Å². The zero-order chi connectivity index (χ0) is 14.8. The number of halogens is 3. The number of hydrogen-bond acceptors (Lipinski definition) is 3. The van der Waals surface area contributed by atoms with Crippen LogP contribution in [0.5, 0.6) is 0 Å². The second kappa shape index (κ2) is 6.07. The van der Waals surface area contributed by atoms with Gasteiger partial charge in [0.2, 0.25) is 0 Å². The summed E-state index contributed by atoms with van der Waals surface area (Å²) in [4.78, 5) is 10.6. The summed E-state index contributed by atoms with van der Waals surface area (Å²) >= 11 is 0.887. The van der Waals surface area contributed by atoms with Gasteiger partial charge in [0, 0.05) is 6.07 Å². The van der Waals surface area contributed by atoms with E-state index in [0.29, 0.717) is 0 Å². The van der Waals surface area contributed by atoms with Crippen LogP contribution in [-0.2, 0) is 11.0 Å². The Bertz CT molecular complexity index is 482. The summed E-state index contributed by atoms with van der Waals surface area (Å²) in [5.41, 5.74) is -0.948. The molecule has 1 aliphatic rings. The Morgan fingerprint density at radius 3 is 2.60 bits per heavy atom. The smallest absolute Gasteiger partial charge is 0.435 e. The molecule has 20 heavy (non-hydrogen) atoms. The highest BCUT2D eigenvalue weighted by Crippen LogP contribution is 2.36. The zero-order valence-corrected chi connectivity index (χ0v) is 11.5. The number of rotatable bonds is 4. The molecular formula is C12H15F3N2O2S. The Hall–Kier alpha value is -1.18. The lowest BCUT2D eigenvalue weighted by Crippen LogP contribution is -2.16. The van der Waals surface area contributed by atoms with Gasteiger partial charge in [0.05, 0.1) is 16.8 Å². The molecule has 0 amide bonds. The van der Waals surface area contributed by atoms with Crippen molar-refractivity contribution < 1.29 is 23.1 Å². The molecule has 4 nitrogen and oxygen atoms in total. The van der Waals surface area contributed by atoms with Gasteiger partial charge in [-0.25, -0.2) is 0 Å². The van der Waals surface area contributed by atoms with Gasteiger partial charge in [-0.3, -0.25) is 9.48 Å².